The van der Waals surface area contributed by atoms with Crippen LogP contribution >= 0.6 is 0 Å². The van der Waals surface area contributed by atoms with Crippen molar-refractivity contribution in [1.82, 2.24) is 0 Å². The van der Waals surface area contributed by atoms with Crippen molar-refractivity contribution < 1.29 is 13.2 Å². The topological polar surface area (TPSA) is 57.7 Å². The molecule has 0 radical (unpaired) electrons. The Bertz CT molecular complexity index is 1060. The van der Waals surface area contributed by atoms with E-state index in [0.717, 1.165) is 48.2 Å². The van der Waals surface area contributed by atoms with Crippen LogP contribution in [0.2, 0.25) is 0 Å². The molecule has 1 amide bonds. The molecule has 0 N–H and O–H groups in total. The normalized spacial score (nSPS) is 21.4. The lowest BCUT2D eigenvalue weighted by Gasteiger charge is -2.29. The summed E-state index contributed by atoms with van der Waals surface area (Å²) in [6.45, 7) is 2.60. The summed E-state index contributed by atoms with van der Waals surface area (Å²) in [4.78, 5) is 14.8. The van der Waals surface area contributed by atoms with Gasteiger partial charge in [-0.15, -0.1) is 0 Å². The lowest BCUT2D eigenvalue weighted by Crippen LogP contribution is -2.37. The third-order valence-electron chi connectivity index (χ3n) is 6.37. The van der Waals surface area contributed by atoms with Gasteiger partial charge in [0.1, 0.15) is 0 Å². The fourth-order valence-corrected chi connectivity index (χ4v) is 6.40. The highest BCUT2D eigenvalue weighted by Crippen LogP contribution is 2.39. The summed E-state index contributed by atoms with van der Waals surface area (Å²) in [7, 11) is -3.64. The van der Waals surface area contributed by atoms with Gasteiger partial charge in [0, 0.05) is 24.2 Å². The van der Waals surface area contributed by atoms with Crippen molar-refractivity contribution in [2.45, 2.75) is 50.0 Å². The van der Waals surface area contributed by atoms with Crippen LogP contribution in [0.25, 0.3) is 0 Å². The van der Waals surface area contributed by atoms with Gasteiger partial charge in [0.2, 0.25) is 5.91 Å². The molecule has 0 aromatic heterocycles. The molecule has 0 unspecified atom stereocenters. The van der Waals surface area contributed by atoms with E-state index in [0.29, 0.717) is 17.9 Å². The fourth-order valence-electron chi connectivity index (χ4n) is 4.66. The van der Waals surface area contributed by atoms with Crippen molar-refractivity contribution >= 4 is 27.3 Å². The average molecular weight is 397 g/mol. The van der Waals surface area contributed by atoms with E-state index in [4.69, 9.17) is 0 Å². The predicted octanol–water partition coefficient (Wildman–Crippen LogP) is 3.52. The van der Waals surface area contributed by atoms with Crippen LogP contribution < -0.4 is 9.21 Å². The molecule has 28 heavy (non-hydrogen) atoms. The Labute approximate surface area is 166 Å². The van der Waals surface area contributed by atoms with Gasteiger partial charge in [-0.25, -0.2) is 8.42 Å². The zero-order valence-corrected chi connectivity index (χ0v) is 16.8. The summed E-state index contributed by atoms with van der Waals surface area (Å²) in [5.74, 6) is 0.346. The number of benzene rings is 2. The first-order valence-corrected chi connectivity index (χ1v) is 11.5. The Morgan fingerprint density at radius 1 is 1.04 bits per heavy atom. The highest BCUT2D eigenvalue weighted by molar-refractivity contribution is 7.92. The number of fused-ring (bicyclic) bond motifs is 2. The zero-order valence-electron chi connectivity index (χ0n) is 16.0. The molecule has 2 aliphatic heterocycles. The van der Waals surface area contributed by atoms with Gasteiger partial charge in [0.25, 0.3) is 10.0 Å². The first-order chi connectivity index (χ1) is 13.5. The van der Waals surface area contributed by atoms with Crippen LogP contribution in [-0.2, 0) is 27.7 Å². The number of rotatable bonds is 3. The first-order valence-electron chi connectivity index (χ1n) is 10.0. The molecule has 1 aliphatic carbocycles. The number of sulfonamides is 1. The maximum Gasteiger partial charge on any atom is 0.264 e. The van der Waals surface area contributed by atoms with Crippen molar-refractivity contribution in [3.8, 4) is 0 Å². The molecule has 0 spiro atoms. The van der Waals surface area contributed by atoms with Crippen LogP contribution in [0.5, 0.6) is 0 Å². The maximum atomic E-state index is 13.4. The van der Waals surface area contributed by atoms with E-state index in [-0.39, 0.29) is 17.9 Å². The SMILES string of the molecule is C[C@@H]1Cc2ccccc2N1S(=O)(=O)c1ccc2c(c1)CCN2C(=O)C1CCC1. The molecule has 3 aliphatic rings. The van der Waals surface area contributed by atoms with E-state index >= 15 is 0 Å². The Hall–Kier alpha value is -2.34. The molecule has 0 saturated heterocycles. The summed E-state index contributed by atoms with van der Waals surface area (Å²) in [5.41, 5.74) is 3.67. The third kappa shape index (κ3) is 2.58. The summed E-state index contributed by atoms with van der Waals surface area (Å²) in [6, 6.07) is 12.8. The number of carbonyl (C=O) groups is 1. The van der Waals surface area contributed by atoms with Crippen LogP contribution in [0.15, 0.2) is 47.4 Å². The second kappa shape index (κ2) is 6.34. The van der Waals surface area contributed by atoms with E-state index in [2.05, 4.69) is 0 Å². The smallest absolute Gasteiger partial charge is 0.264 e. The summed E-state index contributed by atoms with van der Waals surface area (Å²) >= 11 is 0. The molecule has 0 bridgehead atoms. The number of hydrogen-bond acceptors (Lipinski definition) is 3. The van der Waals surface area contributed by atoms with Crippen LogP contribution in [0, 0.1) is 5.92 Å². The zero-order chi connectivity index (χ0) is 19.5. The van der Waals surface area contributed by atoms with Gasteiger partial charge in [0.05, 0.1) is 10.6 Å². The van der Waals surface area contributed by atoms with Gasteiger partial charge in [-0.05, 0) is 68.0 Å². The van der Waals surface area contributed by atoms with Crippen LogP contribution in [0.3, 0.4) is 0 Å². The van der Waals surface area contributed by atoms with Crippen LogP contribution in [0.1, 0.15) is 37.3 Å². The molecule has 1 atom stereocenters. The number of hydrogen-bond donors (Lipinski definition) is 0. The van der Waals surface area contributed by atoms with Gasteiger partial charge in [-0.3, -0.25) is 9.10 Å². The predicted molar refractivity (Wildman–Crippen MR) is 109 cm³/mol. The standard InChI is InChI=1S/C22H24N2O3S/c1-15-13-17-5-2-3-8-21(17)24(15)28(26,27)19-9-10-20-18(14-19)11-12-23(20)22(25)16-6-4-7-16/h2-3,5,8-10,14-16H,4,6-7,11-13H2,1H3/t15-/m1/s1. The highest BCUT2D eigenvalue weighted by Gasteiger charge is 2.37. The van der Waals surface area contributed by atoms with E-state index in [1.54, 1.807) is 16.4 Å². The van der Waals surface area contributed by atoms with Crippen molar-refractivity contribution in [3.05, 3.63) is 53.6 Å². The van der Waals surface area contributed by atoms with Gasteiger partial charge in [0.15, 0.2) is 0 Å². The Morgan fingerprint density at radius 2 is 1.82 bits per heavy atom. The van der Waals surface area contributed by atoms with Crippen molar-refractivity contribution in [1.29, 1.82) is 0 Å². The van der Waals surface area contributed by atoms with Crippen molar-refractivity contribution in [3.63, 3.8) is 0 Å². The Kier molecular flexibility index (Phi) is 4.02. The van der Waals surface area contributed by atoms with Crippen LogP contribution in [0.4, 0.5) is 11.4 Å². The number of nitrogens with zero attached hydrogens (tertiary/aromatic N) is 2. The third-order valence-corrected chi connectivity index (χ3v) is 8.29. The van der Waals surface area contributed by atoms with E-state index < -0.39 is 10.0 Å². The monoisotopic (exact) mass is 396 g/mol. The maximum absolute atomic E-state index is 13.4. The summed E-state index contributed by atoms with van der Waals surface area (Å²) in [6.07, 6.45) is 4.52. The summed E-state index contributed by atoms with van der Waals surface area (Å²) < 4.78 is 28.4. The molecule has 146 valence electrons. The summed E-state index contributed by atoms with van der Waals surface area (Å²) in [5, 5.41) is 0. The fraction of sp³-hybridized carbons (Fsp3) is 0.409. The van der Waals surface area contributed by atoms with Gasteiger partial charge in [-0.1, -0.05) is 24.6 Å². The van der Waals surface area contributed by atoms with E-state index in [1.807, 2.05) is 42.2 Å². The number of anilines is 2. The first kappa shape index (κ1) is 17.7. The van der Waals surface area contributed by atoms with Crippen LogP contribution in [-0.4, -0.2) is 26.9 Å². The molecule has 6 heteroatoms. The largest absolute Gasteiger partial charge is 0.312 e. The average Bonchev–Trinajstić information content (AvgIpc) is 3.19. The minimum atomic E-state index is -3.64. The van der Waals surface area contributed by atoms with Gasteiger partial charge in [-0.2, -0.15) is 0 Å². The Morgan fingerprint density at radius 3 is 2.57 bits per heavy atom. The lowest BCUT2D eigenvalue weighted by molar-refractivity contribution is -0.124. The van der Waals surface area contributed by atoms with E-state index in [1.165, 1.54) is 0 Å². The molecule has 5 rings (SSSR count). The molecule has 1 fully saturated rings. The van der Waals surface area contributed by atoms with Gasteiger partial charge >= 0.3 is 0 Å². The quantitative estimate of drug-likeness (QED) is 0.798. The molecular formula is C22H24N2O3S. The highest BCUT2D eigenvalue weighted by atomic mass is 32.2. The number of para-hydroxylation sites is 1. The molecule has 2 aromatic carbocycles. The number of carbonyl (C=O) groups excluding carboxylic acids is 1. The van der Waals surface area contributed by atoms with Crippen molar-refractivity contribution in [2.24, 2.45) is 5.92 Å². The lowest BCUT2D eigenvalue weighted by atomic mass is 9.84. The minimum absolute atomic E-state index is 0.104. The second-order valence-corrected chi connectivity index (χ2v) is 9.96. The minimum Gasteiger partial charge on any atom is -0.312 e. The second-order valence-electron chi connectivity index (χ2n) is 8.14. The molecule has 1 saturated carbocycles. The van der Waals surface area contributed by atoms with Crippen molar-refractivity contribution in [2.75, 3.05) is 15.7 Å². The molecular weight excluding hydrogens is 372 g/mol. The van der Waals surface area contributed by atoms with E-state index in [9.17, 15) is 13.2 Å². The Balaban J connectivity index is 1.48. The van der Waals surface area contributed by atoms with Gasteiger partial charge < -0.3 is 4.90 Å². The molecule has 2 aromatic rings. The number of amides is 1. The molecule has 5 nitrogen and oxygen atoms in total. The molecule has 2 heterocycles.